The van der Waals surface area contributed by atoms with Gasteiger partial charge in [-0.1, -0.05) is 26.7 Å². The maximum Gasteiger partial charge on any atom is 0.354 e. The lowest BCUT2D eigenvalue weighted by molar-refractivity contribution is 0.0684. The van der Waals surface area contributed by atoms with Gasteiger partial charge in [-0.15, -0.1) is 0 Å². The van der Waals surface area contributed by atoms with Crippen molar-refractivity contribution in [3.8, 4) is 0 Å². The van der Waals surface area contributed by atoms with Gasteiger partial charge < -0.3 is 15.4 Å². The standard InChI is InChI=1S/C12H19N3O3/c1-4-8(5-2)7(3)15-11(16)9-10(12(17)18)14-6-13-9/h6-8H,4-5H2,1-3H3,(H,13,14)(H,15,16)(H,17,18). The molecule has 0 aliphatic heterocycles. The molecule has 18 heavy (non-hydrogen) atoms. The van der Waals surface area contributed by atoms with E-state index in [1.54, 1.807) is 0 Å². The Hall–Kier alpha value is -1.85. The first-order valence-corrected chi connectivity index (χ1v) is 6.08. The van der Waals surface area contributed by atoms with Gasteiger partial charge in [0.05, 0.1) is 6.33 Å². The third-order valence-corrected chi connectivity index (χ3v) is 3.18. The van der Waals surface area contributed by atoms with Crippen molar-refractivity contribution < 1.29 is 14.7 Å². The van der Waals surface area contributed by atoms with Crippen molar-refractivity contribution in [1.29, 1.82) is 0 Å². The summed E-state index contributed by atoms with van der Waals surface area (Å²) in [5.74, 6) is -1.26. The Balaban J connectivity index is 2.76. The van der Waals surface area contributed by atoms with Crippen molar-refractivity contribution >= 4 is 11.9 Å². The van der Waals surface area contributed by atoms with E-state index in [-0.39, 0.29) is 17.4 Å². The largest absolute Gasteiger partial charge is 0.477 e. The van der Waals surface area contributed by atoms with Gasteiger partial charge in [-0.3, -0.25) is 4.79 Å². The minimum Gasteiger partial charge on any atom is -0.477 e. The molecule has 0 aliphatic carbocycles. The van der Waals surface area contributed by atoms with E-state index in [1.165, 1.54) is 6.33 Å². The second-order valence-corrected chi connectivity index (χ2v) is 4.27. The lowest BCUT2D eigenvalue weighted by Gasteiger charge is -2.22. The zero-order valence-corrected chi connectivity index (χ0v) is 10.9. The molecule has 1 aromatic rings. The topological polar surface area (TPSA) is 95.1 Å². The number of carboxylic acid groups (broad SMARTS) is 1. The van der Waals surface area contributed by atoms with Crippen molar-refractivity contribution in [3.05, 3.63) is 17.7 Å². The van der Waals surface area contributed by atoms with Crippen LogP contribution in [0.3, 0.4) is 0 Å². The Morgan fingerprint density at radius 3 is 2.56 bits per heavy atom. The highest BCUT2D eigenvalue weighted by molar-refractivity contribution is 6.02. The van der Waals surface area contributed by atoms with E-state index in [0.717, 1.165) is 12.8 Å². The number of H-pyrrole nitrogens is 1. The molecule has 1 unspecified atom stereocenters. The molecule has 0 saturated heterocycles. The molecule has 1 amide bonds. The van der Waals surface area contributed by atoms with Gasteiger partial charge in [0.15, 0.2) is 11.4 Å². The number of hydrogen-bond acceptors (Lipinski definition) is 3. The van der Waals surface area contributed by atoms with E-state index < -0.39 is 11.9 Å². The molecule has 0 saturated carbocycles. The molecule has 0 aliphatic rings. The summed E-state index contributed by atoms with van der Waals surface area (Å²) in [6, 6.07) is -0.00848. The second-order valence-electron chi connectivity index (χ2n) is 4.27. The van der Waals surface area contributed by atoms with E-state index in [0.29, 0.717) is 5.92 Å². The molecule has 3 N–H and O–H groups in total. The number of hydrogen-bond donors (Lipinski definition) is 3. The second kappa shape index (κ2) is 6.18. The van der Waals surface area contributed by atoms with E-state index >= 15 is 0 Å². The normalized spacial score (nSPS) is 12.4. The summed E-state index contributed by atoms with van der Waals surface area (Å²) in [6.45, 7) is 6.05. The predicted molar refractivity (Wildman–Crippen MR) is 66.5 cm³/mol. The fourth-order valence-electron chi connectivity index (χ4n) is 2.02. The molecule has 1 atom stereocenters. The number of imidazole rings is 1. The van der Waals surface area contributed by atoms with Gasteiger partial charge in [0.1, 0.15) is 0 Å². The third kappa shape index (κ3) is 3.09. The first kappa shape index (κ1) is 14.2. The first-order chi connectivity index (χ1) is 8.51. The van der Waals surface area contributed by atoms with Crippen LogP contribution in [0.1, 0.15) is 54.6 Å². The number of nitrogens with zero attached hydrogens (tertiary/aromatic N) is 1. The fraction of sp³-hybridized carbons (Fsp3) is 0.583. The lowest BCUT2D eigenvalue weighted by Crippen LogP contribution is -2.38. The van der Waals surface area contributed by atoms with Crippen LogP contribution < -0.4 is 5.32 Å². The molecule has 6 heteroatoms. The van der Waals surface area contributed by atoms with Gasteiger partial charge in [0.25, 0.3) is 5.91 Å². The van der Waals surface area contributed by atoms with Gasteiger partial charge in [-0.2, -0.15) is 0 Å². The third-order valence-electron chi connectivity index (χ3n) is 3.18. The number of carboxylic acids is 1. The van der Waals surface area contributed by atoms with E-state index in [1.807, 2.05) is 6.92 Å². The molecule has 6 nitrogen and oxygen atoms in total. The summed E-state index contributed by atoms with van der Waals surface area (Å²) in [5.41, 5.74) is -0.246. The number of aromatic carboxylic acids is 1. The number of carbonyl (C=O) groups excluding carboxylic acids is 1. The zero-order chi connectivity index (χ0) is 13.7. The predicted octanol–water partition coefficient (Wildman–Crippen LogP) is 1.66. The molecule has 100 valence electrons. The number of amides is 1. The van der Waals surface area contributed by atoms with Crippen LogP contribution >= 0.6 is 0 Å². The smallest absolute Gasteiger partial charge is 0.354 e. The molecule has 1 aromatic heterocycles. The number of rotatable bonds is 6. The first-order valence-electron chi connectivity index (χ1n) is 6.08. The number of aromatic amines is 1. The van der Waals surface area contributed by atoms with Crippen LogP contribution in [0.4, 0.5) is 0 Å². The van der Waals surface area contributed by atoms with E-state index in [9.17, 15) is 9.59 Å². The molecular weight excluding hydrogens is 234 g/mol. The van der Waals surface area contributed by atoms with Crippen LogP contribution in [0, 0.1) is 5.92 Å². The monoisotopic (exact) mass is 253 g/mol. The molecule has 0 fully saturated rings. The summed E-state index contributed by atoms with van der Waals surface area (Å²) in [6.07, 6.45) is 3.13. The van der Waals surface area contributed by atoms with Crippen LogP contribution in [-0.4, -0.2) is 33.0 Å². The molecule has 0 aromatic carbocycles. The summed E-state index contributed by atoms with van der Waals surface area (Å²) >= 11 is 0. The van der Waals surface area contributed by atoms with E-state index in [2.05, 4.69) is 29.1 Å². The molecule has 0 radical (unpaired) electrons. The van der Waals surface area contributed by atoms with Crippen molar-refractivity contribution in [2.45, 2.75) is 39.7 Å². The summed E-state index contributed by atoms with van der Waals surface area (Å²) in [7, 11) is 0. The summed E-state index contributed by atoms with van der Waals surface area (Å²) in [5, 5.41) is 11.7. The van der Waals surface area contributed by atoms with Crippen molar-refractivity contribution in [2.75, 3.05) is 0 Å². The van der Waals surface area contributed by atoms with Gasteiger partial charge >= 0.3 is 5.97 Å². The van der Waals surface area contributed by atoms with Gasteiger partial charge in [0.2, 0.25) is 0 Å². The zero-order valence-electron chi connectivity index (χ0n) is 10.9. The minimum atomic E-state index is -1.19. The fourth-order valence-corrected chi connectivity index (χ4v) is 2.02. The van der Waals surface area contributed by atoms with E-state index in [4.69, 9.17) is 5.11 Å². The van der Waals surface area contributed by atoms with Gasteiger partial charge in [0, 0.05) is 6.04 Å². The maximum atomic E-state index is 11.9. The van der Waals surface area contributed by atoms with Crippen LogP contribution in [0.15, 0.2) is 6.33 Å². The van der Waals surface area contributed by atoms with Crippen molar-refractivity contribution in [1.82, 2.24) is 15.3 Å². The Morgan fingerprint density at radius 2 is 2.06 bits per heavy atom. The average molecular weight is 253 g/mol. The molecule has 0 bridgehead atoms. The minimum absolute atomic E-state index is 0.00848. The quantitative estimate of drug-likeness (QED) is 0.718. The highest BCUT2D eigenvalue weighted by atomic mass is 16.4. The number of carbonyl (C=O) groups is 2. The molecule has 0 spiro atoms. The Bertz CT molecular complexity index is 424. The number of aromatic nitrogens is 2. The van der Waals surface area contributed by atoms with Crippen molar-refractivity contribution in [2.24, 2.45) is 5.92 Å². The maximum absolute atomic E-state index is 11.9. The van der Waals surface area contributed by atoms with Crippen LogP contribution in [0.25, 0.3) is 0 Å². The molecular formula is C12H19N3O3. The SMILES string of the molecule is CCC(CC)C(C)NC(=O)c1nc[nH]c1C(=O)O. The van der Waals surface area contributed by atoms with Crippen LogP contribution in [0.5, 0.6) is 0 Å². The number of nitrogens with one attached hydrogen (secondary N) is 2. The average Bonchev–Trinajstić information content (AvgIpc) is 2.79. The Kier molecular flexibility index (Phi) is 4.88. The highest BCUT2D eigenvalue weighted by Gasteiger charge is 2.22. The molecule has 1 heterocycles. The summed E-state index contributed by atoms with van der Waals surface area (Å²) in [4.78, 5) is 29.0. The van der Waals surface area contributed by atoms with Crippen LogP contribution in [-0.2, 0) is 0 Å². The Labute approximate surface area is 106 Å². The van der Waals surface area contributed by atoms with Gasteiger partial charge in [-0.05, 0) is 12.8 Å². The Morgan fingerprint density at radius 1 is 1.44 bits per heavy atom. The summed E-state index contributed by atoms with van der Waals surface area (Å²) < 4.78 is 0. The lowest BCUT2D eigenvalue weighted by atomic mass is 9.95. The van der Waals surface area contributed by atoms with Gasteiger partial charge in [-0.25, -0.2) is 9.78 Å². The highest BCUT2D eigenvalue weighted by Crippen LogP contribution is 2.13. The van der Waals surface area contributed by atoms with Crippen molar-refractivity contribution in [3.63, 3.8) is 0 Å². The van der Waals surface area contributed by atoms with Crippen LogP contribution in [0.2, 0.25) is 0 Å². The molecule has 1 rings (SSSR count).